The molecule has 0 bridgehead atoms. The molecule has 3 heterocycles. The smallest absolute Gasteiger partial charge is 0.433 e. The first-order valence-electron chi connectivity index (χ1n) is 11.4. The van der Waals surface area contributed by atoms with Crippen molar-refractivity contribution in [2.45, 2.75) is 55.1 Å². The lowest BCUT2D eigenvalue weighted by Gasteiger charge is -2.32. The molecule has 0 N–H and O–H groups in total. The zero-order chi connectivity index (χ0) is 27.9. The molecule has 1 unspecified atom stereocenters. The SMILES string of the molecule is COC1=NC(c2ccc(C(F)(F)F)nc2)N=C1CCC(=O)[C@]1(C)C[C@@H](F)CN1S(=O)(=O)c1ccc(F)cc1. The quantitative estimate of drug-likeness (QED) is 0.473. The number of ether oxygens (including phenoxy) is 1. The van der Waals surface area contributed by atoms with Gasteiger partial charge in [0.15, 0.2) is 11.9 Å². The van der Waals surface area contributed by atoms with E-state index in [9.17, 15) is 35.2 Å². The van der Waals surface area contributed by atoms with Crippen molar-refractivity contribution < 1.29 is 39.9 Å². The topological polar surface area (TPSA) is 101 Å². The van der Waals surface area contributed by atoms with Crippen molar-refractivity contribution in [3.8, 4) is 0 Å². The van der Waals surface area contributed by atoms with Crippen LogP contribution >= 0.6 is 0 Å². The maximum atomic E-state index is 14.5. The fourth-order valence-electron chi connectivity index (χ4n) is 4.46. The minimum absolute atomic E-state index is 0.0347. The molecule has 14 heteroatoms. The molecular weight excluding hydrogens is 535 g/mol. The second-order valence-corrected chi connectivity index (χ2v) is 10.9. The molecule has 1 saturated heterocycles. The third-order valence-electron chi connectivity index (χ3n) is 6.46. The molecule has 4 rings (SSSR count). The summed E-state index contributed by atoms with van der Waals surface area (Å²) in [5.41, 5.74) is -2.25. The van der Waals surface area contributed by atoms with Crippen LogP contribution in [0.15, 0.2) is 57.5 Å². The molecular formula is C24H23F5N4O4S. The standard InChI is InChI=1S/C24H23F5N4O4S/c1-23(11-16(26)13-33(23)38(35,36)17-6-4-15(25)5-7-17)20(34)10-8-18-22(37-2)32-21(31-18)14-3-9-19(30-12-14)24(27,28)29/h3-7,9,12,16,21H,8,10-11,13H2,1-2H3/t16-,21?,23+/m1/s1. The number of pyridine rings is 1. The third-order valence-corrected chi connectivity index (χ3v) is 8.46. The number of ketones is 1. The number of halogens is 5. The number of Topliss-reactive ketones (excluding diaryl/α,β-unsaturated/α-hetero) is 1. The van der Waals surface area contributed by atoms with Gasteiger partial charge in [-0.1, -0.05) is 6.07 Å². The second-order valence-electron chi connectivity index (χ2n) is 9.05. The Labute approximate surface area is 215 Å². The number of carbonyl (C=O) groups is 1. The highest BCUT2D eigenvalue weighted by molar-refractivity contribution is 7.89. The lowest BCUT2D eigenvalue weighted by molar-refractivity contribution is -0.141. The predicted octanol–water partition coefficient (Wildman–Crippen LogP) is 4.28. The number of aliphatic imine (C=N–C) groups is 2. The zero-order valence-corrected chi connectivity index (χ0v) is 21.1. The van der Waals surface area contributed by atoms with Gasteiger partial charge in [-0.15, -0.1) is 0 Å². The number of hydrogen-bond donors (Lipinski definition) is 0. The minimum atomic E-state index is -4.60. The Morgan fingerprint density at radius 2 is 1.84 bits per heavy atom. The molecule has 2 aliphatic heterocycles. The molecule has 2 aliphatic rings. The van der Waals surface area contributed by atoms with Crippen molar-refractivity contribution in [2.24, 2.45) is 9.98 Å². The van der Waals surface area contributed by atoms with Crippen molar-refractivity contribution in [3.05, 3.63) is 59.7 Å². The van der Waals surface area contributed by atoms with Crippen molar-refractivity contribution >= 4 is 27.4 Å². The fraction of sp³-hybridized carbons (Fsp3) is 0.417. The summed E-state index contributed by atoms with van der Waals surface area (Å²) in [7, 11) is -3.00. The molecule has 38 heavy (non-hydrogen) atoms. The molecule has 3 atom stereocenters. The highest BCUT2D eigenvalue weighted by atomic mass is 32.2. The van der Waals surface area contributed by atoms with E-state index in [0.717, 1.165) is 40.8 Å². The van der Waals surface area contributed by atoms with Crippen molar-refractivity contribution in [3.63, 3.8) is 0 Å². The summed E-state index contributed by atoms with van der Waals surface area (Å²) in [6.45, 7) is 0.811. The number of methoxy groups -OCH3 is 1. The molecule has 204 valence electrons. The molecule has 0 amide bonds. The van der Waals surface area contributed by atoms with Gasteiger partial charge in [-0.2, -0.15) is 17.5 Å². The summed E-state index contributed by atoms with van der Waals surface area (Å²) in [5.74, 6) is -1.15. The molecule has 8 nitrogen and oxygen atoms in total. The van der Waals surface area contributed by atoms with Gasteiger partial charge in [0.1, 0.15) is 17.7 Å². The van der Waals surface area contributed by atoms with Crippen molar-refractivity contribution in [1.29, 1.82) is 0 Å². The highest BCUT2D eigenvalue weighted by Gasteiger charge is 2.53. The van der Waals surface area contributed by atoms with Crippen LogP contribution in [0.4, 0.5) is 22.0 Å². The van der Waals surface area contributed by atoms with E-state index < -0.39 is 57.9 Å². The van der Waals surface area contributed by atoms with E-state index in [1.165, 1.54) is 20.1 Å². The van der Waals surface area contributed by atoms with Crippen LogP contribution in [-0.2, 0) is 25.7 Å². The van der Waals surface area contributed by atoms with Crippen LogP contribution in [0.3, 0.4) is 0 Å². The van der Waals surface area contributed by atoms with Gasteiger partial charge in [0.2, 0.25) is 15.9 Å². The Kier molecular flexibility index (Phi) is 7.40. The van der Waals surface area contributed by atoms with Gasteiger partial charge in [0.05, 0.1) is 23.3 Å². The Hall–Kier alpha value is -3.26. The first-order chi connectivity index (χ1) is 17.8. The van der Waals surface area contributed by atoms with E-state index >= 15 is 0 Å². The lowest BCUT2D eigenvalue weighted by Crippen LogP contribution is -2.50. The van der Waals surface area contributed by atoms with Crippen LogP contribution in [0.5, 0.6) is 0 Å². The average molecular weight is 559 g/mol. The summed E-state index contributed by atoms with van der Waals surface area (Å²) >= 11 is 0. The lowest BCUT2D eigenvalue weighted by atomic mass is 9.90. The highest BCUT2D eigenvalue weighted by Crippen LogP contribution is 2.38. The molecule has 0 radical (unpaired) electrons. The third kappa shape index (κ3) is 5.32. The van der Waals surface area contributed by atoms with E-state index in [-0.39, 0.29) is 41.3 Å². The number of benzene rings is 1. The van der Waals surface area contributed by atoms with E-state index in [1.54, 1.807) is 0 Å². The van der Waals surface area contributed by atoms with Gasteiger partial charge in [-0.3, -0.25) is 14.8 Å². The van der Waals surface area contributed by atoms with Gasteiger partial charge in [0, 0.05) is 37.6 Å². The van der Waals surface area contributed by atoms with Crippen LogP contribution in [0.2, 0.25) is 0 Å². The number of aromatic nitrogens is 1. The first-order valence-corrected chi connectivity index (χ1v) is 12.9. The largest absolute Gasteiger partial charge is 0.480 e. The molecule has 1 aromatic heterocycles. The Morgan fingerprint density at radius 3 is 2.42 bits per heavy atom. The molecule has 2 aromatic rings. The molecule has 0 spiro atoms. The van der Waals surface area contributed by atoms with E-state index in [2.05, 4.69) is 15.0 Å². The average Bonchev–Trinajstić information content (AvgIpc) is 3.43. The first kappa shape index (κ1) is 27.8. The van der Waals surface area contributed by atoms with Crippen molar-refractivity contribution in [2.75, 3.05) is 13.7 Å². The summed E-state index contributed by atoms with van der Waals surface area (Å²) in [6, 6.07) is 6.01. The summed E-state index contributed by atoms with van der Waals surface area (Å²) < 4.78 is 98.6. The Morgan fingerprint density at radius 1 is 1.16 bits per heavy atom. The maximum Gasteiger partial charge on any atom is 0.433 e. The van der Waals surface area contributed by atoms with Gasteiger partial charge in [-0.25, -0.2) is 22.2 Å². The molecule has 1 aromatic carbocycles. The zero-order valence-electron chi connectivity index (χ0n) is 20.2. The minimum Gasteiger partial charge on any atom is -0.480 e. The van der Waals surface area contributed by atoms with E-state index in [4.69, 9.17) is 4.74 Å². The Balaban J connectivity index is 1.51. The molecule has 0 saturated carbocycles. The predicted molar refractivity (Wildman–Crippen MR) is 126 cm³/mol. The summed E-state index contributed by atoms with van der Waals surface area (Å²) in [6.07, 6.45) is -6.75. The van der Waals surface area contributed by atoms with Crippen LogP contribution < -0.4 is 0 Å². The normalized spacial score (nSPS) is 24.3. The van der Waals surface area contributed by atoms with Gasteiger partial charge in [-0.05, 0) is 37.3 Å². The molecule has 1 fully saturated rings. The van der Waals surface area contributed by atoms with Crippen molar-refractivity contribution in [1.82, 2.24) is 9.29 Å². The summed E-state index contributed by atoms with van der Waals surface area (Å²) in [5, 5.41) is 0. The summed E-state index contributed by atoms with van der Waals surface area (Å²) in [4.78, 5) is 25.0. The number of nitrogens with zero attached hydrogens (tertiary/aromatic N) is 4. The number of sulfonamides is 1. The fourth-order valence-corrected chi connectivity index (χ4v) is 6.26. The van der Waals surface area contributed by atoms with Crippen LogP contribution in [0.25, 0.3) is 0 Å². The van der Waals surface area contributed by atoms with Gasteiger partial charge >= 0.3 is 6.18 Å². The number of hydrogen-bond acceptors (Lipinski definition) is 7. The van der Waals surface area contributed by atoms with Gasteiger partial charge in [0.25, 0.3) is 0 Å². The van der Waals surface area contributed by atoms with E-state index in [0.29, 0.717) is 0 Å². The van der Waals surface area contributed by atoms with E-state index in [1.807, 2.05) is 0 Å². The monoisotopic (exact) mass is 558 g/mol. The van der Waals surface area contributed by atoms with Gasteiger partial charge < -0.3 is 4.74 Å². The second kappa shape index (κ2) is 10.1. The van der Waals surface area contributed by atoms with Crippen LogP contribution in [0.1, 0.15) is 43.6 Å². The van der Waals surface area contributed by atoms with Crippen LogP contribution in [0, 0.1) is 5.82 Å². The number of rotatable bonds is 7. The Bertz CT molecular complexity index is 1380. The molecule has 0 aliphatic carbocycles. The maximum absolute atomic E-state index is 14.5. The number of alkyl halides is 4. The number of carbonyl (C=O) groups excluding carboxylic acids is 1. The van der Waals surface area contributed by atoms with Crippen LogP contribution in [-0.4, -0.2) is 60.5 Å².